The number of nitrogens with one attached hydrogen (secondary N) is 1. The quantitative estimate of drug-likeness (QED) is 0.837. The van der Waals surface area contributed by atoms with Crippen LogP contribution in [-0.2, 0) is 9.84 Å². The van der Waals surface area contributed by atoms with Crippen molar-refractivity contribution in [2.45, 2.75) is 4.90 Å². The third kappa shape index (κ3) is 2.07. The monoisotopic (exact) mass is 222 g/mol. The SMILES string of the molecule is CS(=O)(=O)c1ccc(-c2cn[nH]c2)cc1. The van der Waals surface area contributed by atoms with Crippen LogP contribution in [0.2, 0.25) is 0 Å². The molecular formula is C10H10N2O2S. The molecule has 0 saturated heterocycles. The average Bonchev–Trinajstić information content (AvgIpc) is 2.69. The van der Waals surface area contributed by atoms with Gasteiger partial charge in [-0.3, -0.25) is 5.10 Å². The van der Waals surface area contributed by atoms with E-state index in [0.717, 1.165) is 11.1 Å². The molecule has 0 bridgehead atoms. The van der Waals surface area contributed by atoms with Crippen molar-refractivity contribution in [1.82, 2.24) is 10.2 Å². The van der Waals surface area contributed by atoms with Crippen molar-refractivity contribution >= 4 is 9.84 Å². The second kappa shape index (κ2) is 3.51. The summed E-state index contributed by atoms with van der Waals surface area (Å²) in [4.78, 5) is 0.328. The summed E-state index contributed by atoms with van der Waals surface area (Å²) in [6, 6.07) is 6.72. The van der Waals surface area contributed by atoms with Crippen LogP contribution in [0.25, 0.3) is 11.1 Å². The zero-order chi connectivity index (χ0) is 10.9. The Labute approximate surface area is 87.9 Å². The van der Waals surface area contributed by atoms with Crippen molar-refractivity contribution in [3.63, 3.8) is 0 Å². The van der Waals surface area contributed by atoms with E-state index in [1.807, 2.05) is 0 Å². The first kappa shape index (κ1) is 9.92. The van der Waals surface area contributed by atoms with Gasteiger partial charge in [0.25, 0.3) is 0 Å². The maximum Gasteiger partial charge on any atom is 0.175 e. The maximum absolute atomic E-state index is 11.2. The normalized spacial score (nSPS) is 11.5. The molecule has 0 unspecified atom stereocenters. The van der Waals surface area contributed by atoms with Crippen molar-refractivity contribution in [2.75, 3.05) is 6.26 Å². The summed E-state index contributed by atoms with van der Waals surface area (Å²) >= 11 is 0. The van der Waals surface area contributed by atoms with E-state index in [0.29, 0.717) is 4.90 Å². The molecule has 15 heavy (non-hydrogen) atoms. The molecule has 2 rings (SSSR count). The zero-order valence-corrected chi connectivity index (χ0v) is 8.95. The predicted molar refractivity (Wildman–Crippen MR) is 57.1 cm³/mol. The topological polar surface area (TPSA) is 62.8 Å². The molecule has 1 N–H and O–H groups in total. The highest BCUT2D eigenvalue weighted by atomic mass is 32.2. The summed E-state index contributed by atoms with van der Waals surface area (Å²) in [6.07, 6.45) is 4.64. The van der Waals surface area contributed by atoms with Gasteiger partial charge in [0.2, 0.25) is 0 Å². The molecule has 0 aliphatic rings. The number of sulfone groups is 1. The number of hydrogen-bond donors (Lipinski definition) is 1. The average molecular weight is 222 g/mol. The molecule has 78 valence electrons. The Bertz CT molecular complexity index is 542. The maximum atomic E-state index is 11.2. The molecular weight excluding hydrogens is 212 g/mol. The van der Waals surface area contributed by atoms with Gasteiger partial charge in [-0.25, -0.2) is 8.42 Å². The Morgan fingerprint density at radius 2 is 1.80 bits per heavy atom. The summed E-state index contributed by atoms with van der Waals surface area (Å²) in [5.41, 5.74) is 1.88. The minimum atomic E-state index is -3.11. The number of aromatic amines is 1. The minimum absolute atomic E-state index is 0.328. The van der Waals surface area contributed by atoms with Crippen LogP contribution in [-0.4, -0.2) is 24.9 Å². The van der Waals surface area contributed by atoms with E-state index >= 15 is 0 Å². The van der Waals surface area contributed by atoms with Crippen molar-refractivity contribution in [3.8, 4) is 11.1 Å². The van der Waals surface area contributed by atoms with Crippen molar-refractivity contribution < 1.29 is 8.42 Å². The lowest BCUT2D eigenvalue weighted by Crippen LogP contribution is -1.95. The highest BCUT2D eigenvalue weighted by Gasteiger charge is 2.06. The minimum Gasteiger partial charge on any atom is -0.285 e. The fourth-order valence-electron chi connectivity index (χ4n) is 1.30. The van der Waals surface area contributed by atoms with Crippen LogP contribution in [0.1, 0.15) is 0 Å². The van der Waals surface area contributed by atoms with E-state index in [2.05, 4.69) is 10.2 Å². The van der Waals surface area contributed by atoms with Crippen LogP contribution in [0.15, 0.2) is 41.6 Å². The molecule has 2 aromatic rings. The van der Waals surface area contributed by atoms with E-state index in [1.54, 1.807) is 36.7 Å². The van der Waals surface area contributed by atoms with Crippen LogP contribution in [0.3, 0.4) is 0 Å². The lowest BCUT2D eigenvalue weighted by atomic mass is 10.1. The molecule has 0 aliphatic carbocycles. The lowest BCUT2D eigenvalue weighted by molar-refractivity contribution is 0.602. The molecule has 0 amide bonds. The first-order valence-corrected chi connectivity index (χ1v) is 6.26. The molecule has 1 aromatic carbocycles. The van der Waals surface area contributed by atoms with Gasteiger partial charge in [0.05, 0.1) is 11.1 Å². The summed E-state index contributed by atoms with van der Waals surface area (Å²) in [5.74, 6) is 0. The molecule has 0 atom stereocenters. The number of aromatic nitrogens is 2. The summed E-state index contributed by atoms with van der Waals surface area (Å²) in [6.45, 7) is 0. The molecule has 0 fully saturated rings. The fraction of sp³-hybridized carbons (Fsp3) is 0.100. The number of H-pyrrole nitrogens is 1. The van der Waals surface area contributed by atoms with Gasteiger partial charge in [-0.1, -0.05) is 12.1 Å². The predicted octanol–water partition coefficient (Wildman–Crippen LogP) is 1.48. The van der Waals surface area contributed by atoms with Crippen LogP contribution < -0.4 is 0 Å². The first-order chi connectivity index (χ1) is 7.07. The third-order valence-corrected chi connectivity index (χ3v) is 3.24. The molecule has 5 heteroatoms. The van der Waals surface area contributed by atoms with E-state index in [4.69, 9.17) is 0 Å². The van der Waals surface area contributed by atoms with E-state index in [9.17, 15) is 8.42 Å². The van der Waals surface area contributed by atoms with Gasteiger partial charge in [0, 0.05) is 18.0 Å². The Morgan fingerprint density at radius 3 is 2.27 bits per heavy atom. The van der Waals surface area contributed by atoms with Gasteiger partial charge in [-0.05, 0) is 17.7 Å². The fourth-order valence-corrected chi connectivity index (χ4v) is 1.93. The molecule has 1 aromatic heterocycles. The Balaban J connectivity index is 2.42. The molecule has 0 radical (unpaired) electrons. The highest BCUT2D eigenvalue weighted by Crippen LogP contribution is 2.19. The van der Waals surface area contributed by atoms with Crippen LogP contribution in [0.4, 0.5) is 0 Å². The Kier molecular flexibility index (Phi) is 2.32. The number of benzene rings is 1. The second-order valence-electron chi connectivity index (χ2n) is 3.28. The van der Waals surface area contributed by atoms with Gasteiger partial charge >= 0.3 is 0 Å². The second-order valence-corrected chi connectivity index (χ2v) is 5.30. The van der Waals surface area contributed by atoms with Crippen LogP contribution in [0, 0.1) is 0 Å². The van der Waals surface area contributed by atoms with Gasteiger partial charge in [-0.2, -0.15) is 5.10 Å². The summed E-state index contributed by atoms with van der Waals surface area (Å²) < 4.78 is 22.4. The van der Waals surface area contributed by atoms with E-state index in [1.165, 1.54) is 6.26 Å². The standard InChI is InChI=1S/C10H10N2O2S/c1-15(13,14)10-4-2-8(3-5-10)9-6-11-12-7-9/h2-7H,1H3,(H,11,12). The van der Waals surface area contributed by atoms with E-state index in [-0.39, 0.29) is 0 Å². The number of nitrogens with zero attached hydrogens (tertiary/aromatic N) is 1. The zero-order valence-electron chi connectivity index (χ0n) is 8.14. The largest absolute Gasteiger partial charge is 0.285 e. The molecule has 0 saturated carbocycles. The Morgan fingerprint density at radius 1 is 1.13 bits per heavy atom. The first-order valence-electron chi connectivity index (χ1n) is 4.36. The Hall–Kier alpha value is -1.62. The number of hydrogen-bond acceptors (Lipinski definition) is 3. The number of rotatable bonds is 2. The summed E-state index contributed by atoms with van der Waals surface area (Å²) in [7, 11) is -3.11. The molecule has 4 nitrogen and oxygen atoms in total. The van der Waals surface area contributed by atoms with Gasteiger partial charge < -0.3 is 0 Å². The van der Waals surface area contributed by atoms with Crippen LogP contribution >= 0.6 is 0 Å². The van der Waals surface area contributed by atoms with Crippen molar-refractivity contribution in [3.05, 3.63) is 36.7 Å². The van der Waals surface area contributed by atoms with E-state index < -0.39 is 9.84 Å². The van der Waals surface area contributed by atoms with Gasteiger partial charge in [0.1, 0.15) is 0 Å². The van der Waals surface area contributed by atoms with Crippen molar-refractivity contribution in [2.24, 2.45) is 0 Å². The molecule has 1 heterocycles. The molecule has 0 spiro atoms. The smallest absolute Gasteiger partial charge is 0.175 e. The van der Waals surface area contributed by atoms with Gasteiger partial charge in [0.15, 0.2) is 9.84 Å². The third-order valence-electron chi connectivity index (χ3n) is 2.11. The molecule has 0 aliphatic heterocycles. The van der Waals surface area contributed by atoms with Crippen molar-refractivity contribution in [1.29, 1.82) is 0 Å². The van der Waals surface area contributed by atoms with Crippen LogP contribution in [0.5, 0.6) is 0 Å². The van der Waals surface area contributed by atoms with Gasteiger partial charge in [-0.15, -0.1) is 0 Å². The lowest BCUT2D eigenvalue weighted by Gasteiger charge is -1.99. The highest BCUT2D eigenvalue weighted by molar-refractivity contribution is 7.90. The summed E-state index contributed by atoms with van der Waals surface area (Å²) in [5, 5.41) is 6.53.